The van der Waals surface area contributed by atoms with Crippen LogP contribution in [0.15, 0.2) is 0 Å². The second kappa shape index (κ2) is 8.23. The van der Waals surface area contributed by atoms with Crippen molar-refractivity contribution >= 4 is 0 Å². The van der Waals surface area contributed by atoms with Gasteiger partial charge >= 0.3 is 0 Å². The van der Waals surface area contributed by atoms with Gasteiger partial charge in [0.25, 0.3) is 0 Å². The summed E-state index contributed by atoms with van der Waals surface area (Å²) in [5.74, 6) is 0.913. The van der Waals surface area contributed by atoms with Crippen molar-refractivity contribution in [2.75, 3.05) is 40.4 Å². The summed E-state index contributed by atoms with van der Waals surface area (Å²) >= 11 is 0. The number of hydrogen-bond donors (Lipinski definition) is 1. The van der Waals surface area contributed by atoms with Gasteiger partial charge in [0.2, 0.25) is 0 Å². The maximum atomic E-state index is 5.33. The van der Waals surface area contributed by atoms with Crippen LogP contribution in [0.3, 0.4) is 0 Å². The minimum atomic E-state index is 0.471. The van der Waals surface area contributed by atoms with Gasteiger partial charge in [-0.05, 0) is 44.7 Å². The first-order chi connectivity index (χ1) is 9.06. The van der Waals surface area contributed by atoms with Crippen LogP contribution < -0.4 is 5.32 Å². The van der Waals surface area contributed by atoms with E-state index < -0.39 is 0 Å². The molecule has 1 fully saturated rings. The van der Waals surface area contributed by atoms with Crippen molar-refractivity contribution in [2.24, 2.45) is 11.3 Å². The fraction of sp³-hybridized carbons (Fsp3) is 1.00. The van der Waals surface area contributed by atoms with Gasteiger partial charge in [-0.3, -0.25) is 4.90 Å². The smallest absolute Gasteiger partial charge is 0.0615 e. The molecule has 3 heteroatoms. The molecule has 0 amide bonds. The van der Waals surface area contributed by atoms with Crippen LogP contribution in [0.4, 0.5) is 0 Å². The van der Waals surface area contributed by atoms with Crippen LogP contribution in [0.5, 0.6) is 0 Å². The Bertz CT molecular complexity index is 237. The number of methoxy groups -OCH3 is 1. The van der Waals surface area contributed by atoms with E-state index in [-0.39, 0.29) is 0 Å². The van der Waals surface area contributed by atoms with Gasteiger partial charge < -0.3 is 10.1 Å². The fourth-order valence-corrected chi connectivity index (χ4v) is 3.50. The van der Waals surface area contributed by atoms with E-state index in [0.29, 0.717) is 11.5 Å². The minimum Gasteiger partial charge on any atom is -0.383 e. The number of nitrogens with zero attached hydrogens (tertiary/aromatic N) is 1. The second-order valence-electron chi connectivity index (χ2n) is 6.58. The van der Waals surface area contributed by atoms with Crippen molar-refractivity contribution in [3.05, 3.63) is 0 Å². The first kappa shape index (κ1) is 16.9. The summed E-state index contributed by atoms with van der Waals surface area (Å²) in [7, 11) is 3.89. The monoisotopic (exact) mass is 270 g/mol. The van der Waals surface area contributed by atoms with Crippen molar-refractivity contribution in [3.63, 3.8) is 0 Å². The molecule has 0 radical (unpaired) electrons. The van der Waals surface area contributed by atoms with Crippen LogP contribution in [0.2, 0.25) is 0 Å². The van der Waals surface area contributed by atoms with Crippen molar-refractivity contribution in [2.45, 2.75) is 52.5 Å². The van der Waals surface area contributed by atoms with Gasteiger partial charge in [-0.15, -0.1) is 0 Å². The van der Waals surface area contributed by atoms with Crippen molar-refractivity contribution in [1.82, 2.24) is 10.2 Å². The van der Waals surface area contributed by atoms with Crippen molar-refractivity contribution < 1.29 is 4.74 Å². The van der Waals surface area contributed by atoms with Gasteiger partial charge in [-0.25, -0.2) is 0 Å². The zero-order chi connectivity index (χ0) is 14.3. The molecule has 0 bridgehead atoms. The van der Waals surface area contributed by atoms with E-state index in [2.05, 4.69) is 38.0 Å². The number of likely N-dealkylation sites (N-methyl/N-ethyl adjacent to an activating group) is 1. The highest BCUT2D eigenvalue weighted by molar-refractivity contribution is 4.89. The molecule has 114 valence electrons. The topological polar surface area (TPSA) is 24.5 Å². The van der Waals surface area contributed by atoms with Gasteiger partial charge in [-0.1, -0.05) is 26.7 Å². The lowest BCUT2D eigenvalue weighted by molar-refractivity contribution is 0.0422. The standard InChI is InChI=1S/C16H34N2O/c1-6-18(15(3)11-19-5)13-16(12-17-4)9-7-14(2)8-10-16/h14-15,17H,6-13H2,1-5H3. The molecule has 0 aromatic rings. The maximum Gasteiger partial charge on any atom is 0.0615 e. The van der Waals surface area contributed by atoms with E-state index in [1.807, 2.05) is 0 Å². The number of nitrogens with one attached hydrogen (secondary N) is 1. The Morgan fingerprint density at radius 2 is 2.00 bits per heavy atom. The van der Waals surface area contributed by atoms with E-state index in [1.165, 1.54) is 32.2 Å². The molecular weight excluding hydrogens is 236 g/mol. The SMILES string of the molecule is CCN(CC1(CNC)CCC(C)CC1)C(C)COC. The zero-order valence-corrected chi connectivity index (χ0v) is 13.7. The molecule has 1 aliphatic carbocycles. The second-order valence-corrected chi connectivity index (χ2v) is 6.58. The Morgan fingerprint density at radius 3 is 2.47 bits per heavy atom. The Labute approximate surface area is 120 Å². The van der Waals surface area contributed by atoms with Crippen molar-refractivity contribution in [3.8, 4) is 0 Å². The Kier molecular flexibility index (Phi) is 7.33. The molecule has 19 heavy (non-hydrogen) atoms. The predicted molar refractivity (Wildman–Crippen MR) is 82.6 cm³/mol. The molecule has 0 aliphatic heterocycles. The highest BCUT2D eigenvalue weighted by Crippen LogP contribution is 2.39. The molecule has 1 atom stereocenters. The van der Waals surface area contributed by atoms with Crippen LogP contribution in [0, 0.1) is 11.3 Å². The van der Waals surface area contributed by atoms with Gasteiger partial charge in [0.15, 0.2) is 0 Å². The molecule has 3 nitrogen and oxygen atoms in total. The highest BCUT2D eigenvalue weighted by Gasteiger charge is 2.35. The summed E-state index contributed by atoms with van der Waals surface area (Å²) in [6.07, 6.45) is 5.51. The van der Waals surface area contributed by atoms with E-state index in [1.54, 1.807) is 7.11 Å². The summed E-state index contributed by atoms with van der Waals surface area (Å²) in [5.41, 5.74) is 0.471. The molecule has 0 aromatic carbocycles. The minimum absolute atomic E-state index is 0.471. The lowest BCUT2D eigenvalue weighted by atomic mass is 9.70. The third-order valence-corrected chi connectivity index (χ3v) is 4.86. The van der Waals surface area contributed by atoms with E-state index in [4.69, 9.17) is 4.74 Å². The maximum absolute atomic E-state index is 5.33. The Morgan fingerprint density at radius 1 is 1.37 bits per heavy atom. The average Bonchev–Trinajstić information content (AvgIpc) is 2.40. The average molecular weight is 270 g/mol. The Hall–Kier alpha value is -0.120. The van der Waals surface area contributed by atoms with Crippen LogP contribution in [0.1, 0.15) is 46.5 Å². The largest absolute Gasteiger partial charge is 0.383 e. The summed E-state index contributed by atoms with van der Waals surface area (Å²) < 4.78 is 5.33. The molecule has 1 rings (SSSR count). The lowest BCUT2D eigenvalue weighted by Gasteiger charge is -2.44. The normalized spacial score (nSPS) is 29.7. The summed E-state index contributed by atoms with van der Waals surface area (Å²) in [4.78, 5) is 2.59. The van der Waals surface area contributed by atoms with Gasteiger partial charge in [0.05, 0.1) is 6.61 Å². The summed E-state index contributed by atoms with van der Waals surface area (Å²) in [6.45, 7) is 11.3. The molecule has 0 spiro atoms. The van der Waals surface area contributed by atoms with Crippen LogP contribution in [-0.2, 0) is 4.74 Å². The molecule has 0 saturated heterocycles. The molecule has 1 N–H and O–H groups in total. The Balaban J connectivity index is 2.65. The zero-order valence-electron chi connectivity index (χ0n) is 13.7. The van der Waals surface area contributed by atoms with Crippen molar-refractivity contribution in [1.29, 1.82) is 0 Å². The number of ether oxygens (including phenoxy) is 1. The third kappa shape index (κ3) is 5.05. The van der Waals surface area contributed by atoms with Gasteiger partial charge in [0, 0.05) is 26.2 Å². The quantitative estimate of drug-likeness (QED) is 0.734. The highest BCUT2D eigenvalue weighted by atomic mass is 16.5. The van der Waals surface area contributed by atoms with Gasteiger partial charge in [0.1, 0.15) is 0 Å². The molecule has 0 aromatic heterocycles. The lowest BCUT2D eigenvalue weighted by Crippen LogP contribution is -2.49. The fourth-order valence-electron chi connectivity index (χ4n) is 3.50. The van der Waals surface area contributed by atoms with Crippen LogP contribution in [0.25, 0.3) is 0 Å². The van der Waals surface area contributed by atoms with Gasteiger partial charge in [-0.2, -0.15) is 0 Å². The first-order valence-corrected chi connectivity index (χ1v) is 7.94. The van der Waals surface area contributed by atoms with E-state index >= 15 is 0 Å². The molecule has 1 aliphatic rings. The first-order valence-electron chi connectivity index (χ1n) is 7.94. The molecule has 1 unspecified atom stereocenters. The predicted octanol–water partition coefficient (Wildman–Crippen LogP) is 2.76. The number of rotatable bonds is 8. The third-order valence-electron chi connectivity index (χ3n) is 4.86. The van der Waals surface area contributed by atoms with E-state index in [0.717, 1.165) is 25.6 Å². The number of hydrogen-bond acceptors (Lipinski definition) is 3. The summed E-state index contributed by atoms with van der Waals surface area (Å²) in [5, 5.41) is 3.44. The molecule has 0 heterocycles. The molecular formula is C16H34N2O. The van der Waals surface area contributed by atoms with E-state index in [9.17, 15) is 0 Å². The van der Waals surface area contributed by atoms with Crippen LogP contribution >= 0.6 is 0 Å². The van der Waals surface area contributed by atoms with Crippen LogP contribution in [-0.4, -0.2) is 51.3 Å². The summed E-state index contributed by atoms with van der Waals surface area (Å²) in [6, 6.07) is 0.517. The molecule has 1 saturated carbocycles.